The van der Waals surface area contributed by atoms with Crippen molar-refractivity contribution < 1.29 is 28.5 Å². The summed E-state index contributed by atoms with van der Waals surface area (Å²) in [5, 5.41) is 29.3. The number of phenols is 1. The van der Waals surface area contributed by atoms with E-state index in [-0.39, 0.29) is 17.7 Å². The van der Waals surface area contributed by atoms with Gasteiger partial charge in [0.15, 0.2) is 0 Å². The number of aliphatic hydroxyl groups excluding tert-OH is 1. The first-order valence-electron chi connectivity index (χ1n) is 6.58. The monoisotopic (exact) mass is 312 g/mol. The van der Waals surface area contributed by atoms with Crippen molar-refractivity contribution in [2.45, 2.75) is 18.2 Å². The van der Waals surface area contributed by atoms with E-state index in [2.05, 4.69) is 0 Å². The number of rotatable bonds is 4. The van der Waals surface area contributed by atoms with E-state index < -0.39 is 23.9 Å². The summed E-state index contributed by atoms with van der Waals surface area (Å²) in [5.41, 5.74) is -2.33. The van der Waals surface area contributed by atoms with Crippen LogP contribution in [0.3, 0.4) is 0 Å². The van der Waals surface area contributed by atoms with Crippen LogP contribution in [0.25, 0.3) is 0 Å². The molecule has 0 aliphatic carbocycles. The number of benzene rings is 2. The number of halogens is 3. The number of hydrogen-bond donors (Lipinski definition) is 3. The first-order chi connectivity index (χ1) is 10.3. The third-order valence-corrected chi connectivity index (χ3v) is 3.49. The van der Waals surface area contributed by atoms with Gasteiger partial charge in [-0.3, -0.25) is 0 Å². The molecule has 0 aliphatic heterocycles. The largest absolute Gasteiger partial charge is 0.508 e. The second kappa shape index (κ2) is 5.98. The van der Waals surface area contributed by atoms with Gasteiger partial charge < -0.3 is 15.3 Å². The molecule has 0 bridgehead atoms. The zero-order valence-corrected chi connectivity index (χ0v) is 11.5. The summed E-state index contributed by atoms with van der Waals surface area (Å²) in [4.78, 5) is 0. The van der Waals surface area contributed by atoms with Crippen molar-refractivity contribution in [1.29, 1.82) is 0 Å². The van der Waals surface area contributed by atoms with Crippen molar-refractivity contribution in [3.8, 4) is 5.75 Å². The van der Waals surface area contributed by atoms with E-state index in [0.29, 0.717) is 5.56 Å². The Labute approximate surface area is 125 Å². The molecule has 2 aromatic rings. The molecule has 0 radical (unpaired) electrons. The second-order valence-corrected chi connectivity index (χ2v) is 4.96. The van der Waals surface area contributed by atoms with Gasteiger partial charge in [-0.05, 0) is 35.4 Å². The Morgan fingerprint density at radius 1 is 0.864 bits per heavy atom. The molecule has 2 aromatic carbocycles. The van der Waals surface area contributed by atoms with Gasteiger partial charge in [-0.15, -0.1) is 0 Å². The zero-order valence-electron chi connectivity index (χ0n) is 11.5. The van der Waals surface area contributed by atoms with Gasteiger partial charge in [-0.2, -0.15) is 13.2 Å². The van der Waals surface area contributed by atoms with Crippen LogP contribution in [0.1, 0.15) is 23.1 Å². The van der Waals surface area contributed by atoms with Crippen molar-refractivity contribution in [3.63, 3.8) is 0 Å². The Balaban J connectivity index is 2.54. The fourth-order valence-corrected chi connectivity index (χ4v) is 2.31. The highest BCUT2D eigenvalue weighted by molar-refractivity contribution is 5.40. The molecule has 0 saturated heterocycles. The fourth-order valence-electron chi connectivity index (χ4n) is 2.31. The van der Waals surface area contributed by atoms with Crippen LogP contribution >= 0.6 is 0 Å². The summed E-state index contributed by atoms with van der Waals surface area (Å²) in [6, 6.07) is 9.83. The lowest BCUT2D eigenvalue weighted by molar-refractivity contribution is -0.137. The molecule has 1 unspecified atom stereocenters. The molecule has 2 rings (SSSR count). The van der Waals surface area contributed by atoms with E-state index >= 15 is 0 Å². The van der Waals surface area contributed by atoms with Crippen molar-refractivity contribution in [3.05, 3.63) is 65.2 Å². The first-order valence-corrected chi connectivity index (χ1v) is 6.58. The summed E-state index contributed by atoms with van der Waals surface area (Å²) in [7, 11) is 0. The normalized spacial score (nSPS) is 14.6. The second-order valence-electron chi connectivity index (χ2n) is 4.96. The highest BCUT2D eigenvalue weighted by atomic mass is 19.4. The minimum absolute atomic E-state index is 0.0286. The highest BCUT2D eigenvalue weighted by Crippen LogP contribution is 2.37. The van der Waals surface area contributed by atoms with Gasteiger partial charge in [0.05, 0.1) is 5.56 Å². The van der Waals surface area contributed by atoms with Gasteiger partial charge in [0.2, 0.25) is 0 Å². The quantitative estimate of drug-likeness (QED) is 0.813. The van der Waals surface area contributed by atoms with Crippen molar-refractivity contribution in [2.75, 3.05) is 6.61 Å². The molecule has 6 heteroatoms. The van der Waals surface area contributed by atoms with Crippen molar-refractivity contribution in [2.24, 2.45) is 0 Å². The van der Waals surface area contributed by atoms with Crippen LogP contribution in [-0.4, -0.2) is 21.9 Å². The lowest BCUT2D eigenvalue weighted by atomic mass is 9.83. The van der Waals surface area contributed by atoms with Crippen LogP contribution in [-0.2, 0) is 11.8 Å². The Bertz CT molecular complexity index is 638. The summed E-state index contributed by atoms with van der Waals surface area (Å²) in [6.07, 6.45) is -4.69. The highest BCUT2D eigenvalue weighted by Gasteiger charge is 2.35. The molecule has 0 amide bonds. The van der Waals surface area contributed by atoms with E-state index in [4.69, 9.17) is 0 Å². The average molecular weight is 312 g/mol. The van der Waals surface area contributed by atoms with Crippen LogP contribution in [0.4, 0.5) is 13.2 Å². The molecule has 0 heterocycles. The molecule has 0 saturated carbocycles. The van der Waals surface area contributed by atoms with Crippen LogP contribution < -0.4 is 0 Å². The summed E-state index contributed by atoms with van der Waals surface area (Å²) in [5.74, 6) is -0.0286. The number of aliphatic hydroxyl groups is 2. The van der Waals surface area contributed by atoms with E-state index in [1.807, 2.05) is 0 Å². The van der Waals surface area contributed by atoms with Crippen LogP contribution in [0, 0.1) is 0 Å². The zero-order chi connectivity index (χ0) is 16.4. The van der Waals surface area contributed by atoms with E-state index in [0.717, 1.165) is 12.1 Å². The molecular formula is C16H15F3O3. The molecule has 22 heavy (non-hydrogen) atoms. The van der Waals surface area contributed by atoms with Gasteiger partial charge in [0, 0.05) is 13.0 Å². The maximum absolute atomic E-state index is 12.8. The standard InChI is InChI=1S/C16H15F3O3/c17-16(18,19)13-3-1-2-12(10-13)15(22,8-9-20)11-4-6-14(21)7-5-11/h1-7,10,20-22H,8-9H2. The first kappa shape index (κ1) is 16.3. The maximum atomic E-state index is 12.8. The Hall–Kier alpha value is -2.05. The number of aromatic hydroxyl groups is 1. The SMILES string of the molecule is OCCC(O)(c1ccc(O)cc1)c1cccc(C(F)(F)F)c1. The minimum Gasteiger partial charge on any atom is -0.508 e. The molecule has 0 aromatic heterocycles. The van der Waals surface area contributed by atoms with Gasteiger partial charge in [-0.1, -0.05) is 24.3 Å². The van der Waals surface area contributed by atoms with Gasteiger partial charge >= 0.3 is 6.18 Å². The molecule has 1 atom stereocenters. The third kappa shape index (κ3) is 3.23. The van der Waals surface area contributed by atoms with Gasteiger partial charge in [-0.25, -0.2) is 0 Å². The molecule has 0 spiro atoms. The summed E-state index contributed by atoms with van der Waals surface area (Å²) in [6.45, 7) is -0.409. The Morgan fingerprint density at radius 2 is 1.45 bits per heavy atom. The lowest BCUT2D eigenvalue weighted by Crippen LogP contribution is -2.29. The summed E-state index contributed by atoms with van der Waals surface area (Å²) < 4.78 is 38.5. The van der Waals surface area contributed by atoms with E-state index in [9.17, 15) is 28.5 Å². The molecule has 3 nitrogen and oxygen atoms in total. The fraction of sp³-hybridized carbons (Fsp3) is 0.250. The smallest absolute Gasteiger partial charge is 0.416 e. The molecular weight excluding hydrogens is 297 g/mol. The van der Waals surface area contributed by atoms with Gasteiger partial charge in [0.25, 0.3) is 0 Å². The topological polar surface area (TPSA) is 60.7 Å². The number of hydrogen-bond acceptors (Lipinski definition) is 3. The Morgan fingerprint density at radius 3 is 2.00 bits per heavy atom. The maximum Gasteiger partial charge on any atom is 0.416 e. The number of phenolic OH excluding ortho intramolecular Hbond substituents is 1. The van der Waals surface area contributed by atoms with Gasteiger partial charge in [0.1, 0.15) is 11.4 Å². The van der Waals surface area contributed by atoms with Crippen molar-refractivity contribution >= 4 is 0 Å². The van der Waals surface area contributed by atoms with Crippen LogP contribution in [0.2, 0.25) is 0 Å². The van der Waals surface area contributed by atoms with Crippen LogP contribution in [0.5, 0.6) is 5.75 Å². The number of alkyl halides is 3. The predicted molar refractivity (Wildman–Crippen MR) is 74.3 cm³/mol. The van der Waals surface area contributed by atoms with Crippen molar-refractivity contribution in [1.82, 2.24) is 0 Å². The Kier molecular flexibility index (Phi) is 4.44. The molecule has 0 aliphatic rings. The molecule has 0 fully saturated rings. The van der Waals surface area contributed by atoms with E-state index in [1.165, 1.54) is 36.4 Å². The summed E-state index contributed by atoms with van der Waals surface area (Å²) >= 11 is 0. The minimum atomic E-state index is -4.52. The lowest BCUT2D eigenvalue weighted by Gasteiger charge is -2.29. The molecule has 3 N–H and O–H groups in total. The third-order valence-electron chi connectivity index (χ3n) is 3.49. The predicted octanol–water partition coefficient (Wildman–Crippen LogP) is 3.03. The molecule has 118 valence electrons. The van der Waals surface area contributed by atoms with Crippen LogP contribution in [0.15, 0.2) is 48.5 Å². The van der Waals surface area contributed by atoms with E-state index in [1.54, 1.807) is 0 Å². The average Bonchev–Trinajstić information content (AvgIpc) is 2.47.